The lowest BCUT2D eigenvalue weighted by atomic mass is 10.0. The molecule has 6 nitrogen and oxygen atoms in total. The first-order chi connectivity index (χ1) is 14.6. The average Bonchev–Trinajstić information content (AvgIpc) is 3.32. The topological polar surface area (TPSA) is 63.9 Å². The van der Waals surface area contributed by atoms with Crippen LogP contribution in [-0.2, 0) is 11.3 Å². The van der Waals surface area contributed by atoms with Crippen LogP contribution in [0.4, 0.5) is 0 Å². The molecule has 5 rings (SSSR count). The minimum absolute atomic E-state index is 0.278. The van der Waals surface area contributed by atoms with Crippen LogP contribution in [0.1, 0.15) is 19.3 Å². The van der Waals surface area contributed by atoms with Crippen LogP contribution in [0.2, 0.25) is 10.0 Å². The maximum atomic E-state index is 12.3. The van der Waals surface area contributed by atoms with Crippen molar-refractivity contribution in [3.63, 3.8) is 0 Å². The Morgan fingerprint density at radius 3 is 2.53 bits per heavy atom. The molecule has 1 amide bonds. The quantitative estimate of drug-likeness (QED) is 0.581. The van der Waals surface area contributed by atoms with Crippen molar-refractivity contribution in [3.05, 3.63) is 52.5 Å². The Morgan fingerprint density at radius 2 is 1.80 bits per heavy atom. The van der Waals surface area contributed by atoms with Crippen molar-refractivity contribution in [2.24, 2.45) is 11.8 Å². The molecule has 154 valence electrons. The molecule has 0 bridgehead atoms. The minimum Gasteiger partial charge on any atom is -0.342 e. The molecule has 0 spiro atoms. The summed E-state index contributed by atoms with van der Waals surface area (Å²) in [6.45, 7) is 2.35. The zero-order valence-corrected chi connectivity index (χ0v) is 17.9. The molecule has 2 heterocycles. The average molecular weight is 442 g/mol. The highest BCUT2D eigenvalue weighted by atomic mass is 35.5. The molecule has 0 radical (unpaired) electrons. The van der Waals surface area contributed by atoms with E-state index in [9.17, 15) is 4.79 Å². The number of hydrogen-bond donors (Lipinski definition) is 0. The van der Waals surface area contributed by atoms with Crippen molar-refractivity contribution in [2.75, 3.05) is 13.1 Å². The number of likely N-dealkylation sites (tertiary alicyclic amines) is 1. The van der Waals surface area contributed by atoms with Crippen LogP contribution >= 0.6 is 23.2 Å². The number of aromatic nitrogens is 4. The van der Waals surface area contributed by atoms with E-state index in [-0.39, 0.29) is 5.92 Å². The second kappa shape index (κ2) is 8.00. The molecule has 3 aromatic rings. The molecule has 0 N–H and O–H groups in total. The number of hydrogen-bond acceptors (Lipinski definition) is 4. The van der Waals surface area contributed by atoms with Gasteiger partial charge in [-0.1, -0.05) is 53.5 Å². The van der Waals surface area contributed by atoms with Gasteiger partial charge in [0.05, 0.1) is 0 Å². The highest BCUT2D eigenvalue weighted by Gasteiger charge is 2.36. The highest BCUT2D eigenvalue weighted by Crippen LogP contribution is 2.34. The molecular formula is C22H21Cl2N5O. The van der Waals surface area contributed by atoms with Crippen molar-refractivity contribution < 1.29 is 4.79 Å². The summed E-state index contributed by atoms with van der Waals surface area (Å²) >= 11 is 12.3. The lowest BCUT2D eigenvalue weighted by molar-refractivity contribution is -0.131. The molecule has 8 heteroatoms. The van der Waals surface area contributed by atoms with Gasteiger partial charge in [-0.05, 0) is 53.3 Å². The van der Waals surface area contributed by atoms with Crippen LogP contribution in [-0.4, -0.2) is 44.1 Å². The first-order valence-corrected chi connectivity index (χ1v) is 10.9. The van der Waals surface area contributed by atoms with E-state index in [4.69, 9.17) is 23.2 Å². The lowest BCUT2D eigenvalue weighted by Gasteiger charge is -2.16. The van der Waals surface area contributed by atoms with Crippen molar-refractivity contribution in [1.29, 1.82) is 0 Å². The van der Waals surface area contributed by atoms with Gasteiger partial charge < -0.3 is 4.90 Å². The third-order valence-electron chi connectivity index (χ3n) is 5.87. The van der Waals surface area contributed by atoms with E-state index in [1.54, 1.807) is 6.07 Å². The van der Waals surface area contributed by atoms with Crippen LogP contribution < -0.4 is 0 Å². The number of halogens is 2. The van der Waals surface area contributed by atoms with E-state index in [2.05, 4.69) is 15.5 Å². The Balaban J connectivity index is 1.30. The van der Waals surface area contributed by atoms with E-state index >= 15 is 0 Å². The van der Waals surface area contributed by atoms with Crippen molar-refractivity contribution in [2.45, 2.75) is 25.8 Å². The summed E-state index contributed by atoms with van der Waals surface area (Å²) in [5.74, 6) is 1.71. The molecule has 1 atom stereocenters. The zero-order valence-electron chi connectivity index (χ0n) is 16.3. The molecular weight excluding hydrogens is 421 g/mol. The SMILES string of the molecule is O=C(C1CC1)N1CC[C@@H](Cn2nnnc2-c2ccc(-c3ccc(Cl)cc3Cl)cc2)C1. The van der Waals surface area contributed by atoms with Gasteiger partial charge in [-0.15, -0.1) is 5.10 Å². The Hall–Kier alpha value is -2.44. The Bertz CT molecular complexity index is 1080. The van der Waals surface area contributed by atoms with E-state index in [1.165, 1.54) is 0 Å². The van der Waals surface area contributed by atoms with Gasteiger partial charge in [0.25, 0.3) is 0 Å². The fourth-order valence-electron chi connectivity index (χ4n) is 4.07. The van der Waals surface area contributed by atoms with Crippen LogP contribution in [0.5, 0.6) is 0 Å². The van der Waals surface area contributed by atoms with Crippen molar-refractivity contribution in [3.8, 4) is 22.5 Å². The summed E-state index contributed by atoms with van der Waals surface area (Å²) in [5, 5.41) is 13.5. The fourth-order valence-corrected chi connectivity index (χ4v) is 4.59. The summed E-state index contributed by atoms with van der Waals surface area (Å²) in [4.78, 5) is 14.3. The molecule has 1 saturated heterocycles. The lowest BCUT2D eigenvalue weighted by Crippen LogP contribution is -2.30. The largest absolute Gasteiger partial charge is 0.342 e. The molecule has 1 aliphatic carbocycles. The number of carbonyl (C=O) groups excluding carboxylic acids is 1. The second-order valence-corrected chi connectivity index (χ2v) is 8.94. The molecule has 1 saturated carbocycles. The summed E-state index contributed by atoms with van der Waals surface area (Å²) < 4.78 is 1.85. The number of rotatable bonds is 5. The molecule has 2 fully saturated rings. The zero-order chi connectivity index (χ0) is 20.7. The molecule has 2 aromatic carbocycles. The number of carbonyl (C=O) groups is 1. The minimum atomic E-state index is 0.278. The monoisotopic (exact) mass is 441 g/mol. The predicted molar refractivity (Wildman–Crippen MR) is 116 cm³/mol. The van der Waals surface area contributed by atoms with Crippen LogP contribution in [0, 0.1) is 11.8 Å². The predicted octanol–water partition coefficient (Wildman–Crippen LogP) is 4.57. The number of benzene rings is 2. The maximum Gasteiger partial charge on any atom is 0.225 e. The first-order valence-electron chi connectivity index (χ1n) is 10.2. The third kappa shape index (κ3) is 3.94. The molecule has 30 heavy (non-hydrogen) atoms. The van der Waals surface area contributed by atoms with Gasteiger partial charge >= 0.3 is 0 Å². The number of nitrogens with zero attached hydrogens (tertiary/aromatic N) is 5. The van der Waals surface area contributed by atoms with Gasteiger partial charge in [-0.25, -0.2) is 4.68 Å². The second-order valence-electron chi connectivity index (χ2n) is 8.10. The Labute approximate surface area is 184 Å². The van der Waals surface area contributed by atoms with E-state index < -0.39 is 0 Å². The highest BCUT2D eigenvalue weighted by molar-refractivity contribution is 6.36. The smallest absolute Gasteiger partial charge is 0.225 e. The van der Waals surface area contributed by atoms with Crippen molar-refractivity contribution >= 4 is 29.1 Å². The van der Waals surface area contributed by atoms with Crippen LogP contribution in [0.3, 0.4) is 0 Å². The summed E-state index contributed by atoms with van der Waals surface area (Å²) in [6.07, 6.45) is 3.09. The molecule has 1 aliphatic heterocycles. The fraction of sp³-hybridized carbons (Fsp3) is 0.364. The summed E-state index contributed by atoms with van der Waals surface area (Å²) in [5.41, 5.74) is 2.88. The summed E-state index contributed by atoms with van der Waals surface area (Å²) in [6, 6.07) is 13.5. The van der Waals surface area contributed by atoms with Gasteiger partial charge in [0.1, 0.15) is 0 Å². The Morgan fingerprint density at radius 1 is 1.03 bits per heavy atom. The van der Waals surface area contributed by atoms with Gasteiger partial charge in [-0.3, -0.25) is 4.79 Å². The van der Waals surface area contributed by atoms with E-state index in [0.29, 0.717) is 28.4 Å². The maximum absolute atomic E-state index is 12.3. The summed E-state index contributed by atoms with van der Waals surface area (Å²) in [7, 11) is 0. The van der Waals surface area contributed by atoms with Crippen LogP contribution in [0.25, 0.3) is 22.5 Å². The normalized spacial score (nSPS) is 18.7. The van der Waals surface area contributed by atoms with Gasteiger partial charge in [0.2, 0.25) is 5.91 Å². The molecule has 0 unspecified atom stereocenters. The molecule has 1 aromatic heterocycles. The standard InChI is InChI=1S/C22H21Cl2N5O/c23-18-7-8-19(20(24)11-18)15-1-3-16(4-2-15)21-25-26-27-29(21)13-14-9-10-28(12-14)22(30)17-5-6-17/h1-4,7-8,11,14,17H,5-6,9-10,12-13H2/t14-/m1/s1. The molecule has 2 aliphatic rings. The van der Waals surface area contributed by atoms with E-state index in [1.807, 2.05) is 46.0 Å². The number of tetrazole rings is 1. The first kappa shape index (κ1) is 19.5. The van der Waals surface area contributed by atoms with Gasteiger partial charge in [0, 0.05) is 46.7 Å². The third-order valence-corrected chi connectivity index (χ3v) is 6.42. The van der Waals surface area contributed by atoms with Crippen LogP contribution in [0.15, 0.2) is 42.5 Å². The van der Waals surface area contributed by atoms with E-state index in [0.717, 1.165) is 54.9 Å². The number of amides is 1. The van der Waals surface area contributed by atoms with Gasteiger partial charge in [0.15, 0.2) is 5.82 Å². The Kier molecular flexibility index (Phi) is 5.21. The van der Waals surface area contributed by atoms with Gasteiger partial charge in [-0.2, -0.15) is 0 Å². The van der Waals surface area contributed by atoms with Crippen molar-refractivity contribution in [1.82, 2.24) is 25.1 Å².